The lowest BCUT2D eigenvalue weighted by atomic mass is 10.1. The van der Waals surface area contributed by atoms with E-state index in [1.807, 2.05) is 32.0 Å². The van der Waals surface area contributed by atoms with Crippen molar-refractivity contribution in [2.75, 3.05) is 5.73 Å². The van der Waals surface area contributed by atoms with Gasteiger partial charge in [0, 0.05) is 11.3 Å². The van der Waals surface area contributed by atoms with E-state index in [9.17, 15) is 4.79 Å². The second-order valence-electron chi connectivity index (χ2n) is 4.84. The molecule has 2 aromatic carbocycles. The van der Waals surface area contributed by atoms with Crippen LogP contribution in [0.15, 0.2) is 59.8 Å². The summed E-state index contributed by atoms with van der Waals surface area (Å²) in [5, 5.41) is 0. The molecule has 2 N–H and O–H groups in total. The molecule has 0 fully saturated rings. The fourth-order valence-electron chi connectivity index (χ4n) is 1.69. The van der Waals surface area contributed by atoms with Crippen molar-refractivity contribution in [2.45, 2.75) is 13.8 Å². The summed E-state index contributed by atoms with van der Waals surface area (Å²) < 4.78 is 5.44. The molecule has 0 unspecified atom stereocenters. The Morgan fingerprint density at radius 2 is 1.76 bits per heavy atom. The molecular weight excluding hydrogens is 262 g/mol. The molecule has 0 radical (unpaired) electrons. The van der Waals surface area contributed by atoms with Crippen LogP contribution in [0, 0.1) is 0 Å². The highest BCUT2D eigenvalue weighted by Gasteiger charge is 2.10. The zero-order valence-corrected chi connectivity index (χ0v) is 12.1. The third-order valence-corrected chi connectivity index (χ3v) is 2.78. The number of ether oxygens (including phenoxy) is 1. The average Bonchev–Trinajstić information content (AvgIpc) is 2.47. The fraction of sp³-hybridized carbons (Fsp3) is 0.111. The Bertz CT molecular complexity index is 704. The molecule has 0 amide bonds. The number of nitrogen functional groups attached to an aromatic ring is 1. The number of anilines is 1. The van der Waals surface area contributed by atoms with Crippen molar-refractivity contribution in [1.82, 2.24) is 0 Å². The maximum Gasteiger partial charge on any atom is 0.343 e. The smallest absolute Gasteiger partial charge is 0.343 e. The number of nitrogens with two attached hydrogens (primary N) is 1. The van der Waals surface area contributed by atoms with Crippen molar-refractivity contribution < 1.29 is 9.53 Å². The minimum atomic E-state index is -0.409. The Morgan fingerprint density at radius 1 is 1.10 bits per heavy atom. The summed E-state index contributed by atoms with van der Waals surface area (Å²) in [5.74, 6) is 0.0983. The van der Waals surface area contributed by atoms with Crippen LogP contribution in [0.5, 0.6) is 5.75 Å². The van der Waals surface area contributed by atoms with Crippen molar-refractivity contribution in [1.29, 1.82) is 0 Å². The number of para-hydroxylation sites is 1. The number of benzene rings is 2. The molecule has 0 saturated carbocycles. The monoisotopic (exact) mass is 279 g/mol. The molecular formula is C18H17NO2. The van der Waals surface area contributed by atoms with Gasteiger partial charge >= 0.3 is 5.97 Å². The van der Waals surface area contributed by atoms with Crippen LogP contribution in [0.4, 0.5) is 5.69 Å². The molecule has 0 bridgehead atoms. The molecule has 0 saturated heterocycles. The van der Waals surface area contributed by atoms with Crippen LogP contribution in [0.3, 0.4) is 0 Å². The number of hydrogen-bond donors (Lipinski definition) is 1. The Labute approximate surface area is 124 Å². The molecule has 2 aromatic rings. The third-order valence-electron chi connectivity index (χ3n) is 2.78. The van der Waals surface area contributed by atoms with Crippen LogP contribution in [0.1, 0.15) is 29.8 Å². The predicted octanol–water partition coefficient (Wildman–Crippen LogP) is 4.07. The van der Waals surface area contributed by atoms with Gasteiger partial charge in [0.05, 0.1) is 5.56 Å². The van der Waals surface area contributed by atoms with Crippen LogP contribution in [-0.2, 0) is 0 Å². The first kappa shape index (κ1) is 14.6. The van der Waals surface area contributed by atoms with Crippen LogP contribution < -0.4 is 10.5 Å². The Balaban J connectivity index is 2.25. The number of rotatable bonds is 3. The lowest BCUT2D eigenvalue weighted by Gasteiger charge is -2.07. The molecule has 0 spiro atoms. The molecule has 0 aliphatic heterocycles. The minimum absolute atomic E-state index is 0.409. The van der Waals surface area contributed by atoms with E-state index in [0.29, 0.717) is 17.0 Å². The third kappa shape index (κ3) is 4.10. The number of esters is 1. The van der Waals surface area contributed by atoms with Crippen molar-refractivity contribution in [2.24, 2.45) is 0 Å². The van der Waals surface area contributed by atoms with E-state index in [-0.39, 0.29) is 0 Å². The fourth-order valence-corrected chi connectivity index (χ4v) is 1.69. The molecule has 0 aliphatic rings. The lowest BCUT2D eigenvalue weighted by Crippen LogP contribution is -2.09. The van der Waals surface area contributed by atoms with Crippen molar-refractivity contribution in [3.8, 4) is 5.75 Å². The van der Waals surface area contributed by atoms with Gasteiger partial charge in [-0.25, -0.2) is 4.79 Å². The van der Waals surface area contributed by atoms with Crippen LogP contribution >= 0.6 is 0 Å². The van der Waals surface area contributed by atoms with Crippen LogP contribution in [0.25, 0.3) is 6.08 Å². The molecule has 2 rings (SSSR count). The SMILES string of the molecule is CC(C)=C=Cc1ccccc1OC(=O)c1ccc(N)cc1. The zero-order chi connectivity index (χ0) is 15.2. The van der Waals surface area contributed by atoms with E-state index in [1.54, 1.807) is 36.4 Å². The Kier molecular flexibility index (Phi) is 4.60. The first-order valence-electron chi connectivity index (χ1n) is 6.63. The van der Waals surface area contributed by atoms with Crippen molar-refractivity contribution in [3.63, 3.8) is 0 Å². The molecule has 0 aliphatic carbocycles. The predicted molar refractivity (Wildman–Crippen MR) is 85.1 cm³/mol. The summed E-state index contributed by atoms with van der Waals surface area (Å²) in [4.78, 5) is 12.1. The van der Waals surface area contributed by atoms with Gasteiger partial charge in [-0.1, -0.05) is 18.2 Å². The Morgan fingerprint density at radius 3 is 2.43 bits per heavy atom. The highest BCUT2D eigenvalue weighted by Crippen LogP contribution is 2.21. The zero-order valence-electron chi connectivity index (χ0n) is 12.1. The van der Waals surface area contributed by atoms with E-state index >= 15 is 0 Å². The standard InChI is InChI=1S/C18H17NO2/c1-13(2)7-8-14-5-3-4-6-17(14)21-18(20)15-9-11-16(19)12-10-15/h3-6,8-12H,19H2,1-2H3. The number of allylic oxidation sites excluding steroid dienone is 1. The van der Waals surface area contributed by atoms with Crippen molar-refractivity contribution in [3.05, 3.63) is 71.0 Å². The van der Waals surface area contributed by atoms with Gasteiger partial charge in [0.1, 0.15) is 5.75 Å². The van der Waals surface area contributed by atoms with Gasteiger partial charge < -0.3 is 10.5 Å². The molecule has 21 heavy (non-hydrogen) atoms. The molecule has 0 heterocycles. The maximum atomic E-state index is 12.1. The molecule has 0 atom stereocenters. The number of carbonyl (C=O) groups is 1. The summed E-state index contributed by atoms with van der Waals surface area (Å²) in [6.07, 6.45) is 1.81. The first-order chi connectivity index (χ1) is 10.1. The van der Waals surface area contributed by atoms with Gasteiger partial charge in [0.2, 0.25) is 0 Å². The highest BCUT2D eigenvalue weighted by molar-refractivity contribution is 5.91. The Hall–Kier alpha value is -2.77. The van der Waals surface area contributed by atoms with Crippen molar-refractivity contribution >= 4 is 17.7 Å². The van der Waals surface area contributed by atoms with Crippen LogP contribution in [-0.4, -0.2) is 5.97 Å². The molecule has 3 heteroatoms. The number of hydrogen-bond acceptors (Lipinski definition) is 3. The van der Waals surface area contributed by atoms with E-state index in [0.717, 1.165) is 11.1 Å². The summed E-state index contributed by atoms with van der Waals surface area (Å²) >= 11 is 0. The largest absolute Gasteiger partial charge is 0.422 e. The van der Waals surface area contributed by atoms with Gasteiger partial charge in [-0.3, -0.25) is 0 Å². The van der Waals surface area contributed by atoms with E-state index in [1.165, 1.54) is 0 Å². The topological polar surface area (TPSA) is 52.3 Å². The van der Waals surface area contributed by atoms with E-state index in [4.69, 9.17) is 10.5 Å². The molecule has 3 nitrogen and oxygen atoms in total. The van der Waals surface area contributed by atoms with E-state index < -0.39 is 5.97 Å². The molecule has 0 aromatic heterocycles. The van der Waals surface area contributed by atoms with Gasteiger partial charge in [-0.15, -0.1) is 5.73 Å². The normalized spacial score (nSPS) is 9.62. The van der Waals surface area contributed by atoms with E-state index in [2.05, 4.69) is 5.73 Å². The lowest BCUT2D eigenvalue weighted by molar-refractivity contribution is 0.0734. The number of carbonyl (C=O) groups excluding carboxylic acids is 1. The molecule has 106 valence electrons. The summed E-state index contributed by atoms with van der Waals surface area (Å²) in [6, 6.07) is 14.0. The van der Waals surface area contributed by atoms with Gasteiger partial charge in [0.15, 0.2) is 0 Å². The van der Waals surface area contributed by atoms with Crippen LogP contribution in [0.2, 0.25) is 0 Å². The summed E-state index contributed by atoms with van der Waals surface area (Å²) in [7, 11) is 0. The quantitative estimate of drug-likeness (QED) is 0.399. The second kappa shape index (κ2) is 6.60. The highest BCUT2D eigenvalue weighted by atomic mass is 16.5. The first-order valence-corrected chi connectivity index (χ1v) is 6.63. The van der Waals surface area contributed by atoms with Gasteiger partial charge in [-0.2, -0.15) is 0 Å². The van der Waals surface area contributed by atoms with Gasteiger partial charge in [-0.05, 0) is 55.8 Å². The average molecular weight is 279 g/mol. The summed E-state index contributed by atoms with van der Waals surface area (Å²) in [6.45, 7) is 3.92. The second-order valence-corrected chi connectivity index (χ2v) is 4.84. The maximum absolute atomic E-state index is 12.1. The van der Waals surface area contributed by atoms with Gasteiger partial charge in [0.25, 0.3) is 0 Å². The minimum Gasteiger partial charge on any atom is -0.422 e. The summed E-state index contributed by atoms with van der Waals surface area (Å²) in [5.41, 5.74) is 11.6.